The Hall–Kier alpha value is -2.25. The number of carbonyl (C=O) groups excluding carboxylic acids is 1. The van der Waals surface area contributed by atoms with Gasteiger partial charge in [0.1, 0.15) is 11.6 Å². The van der Waals surface area contributed by atoms with Crippen LogP contribution in [0.1, 0.15) is 18.4 Å². The zero-order valence-corrected chi connectivity index (χ0v) is 16.2. The SMILES string of the molecule is O=C(COc1ccc(C=Nc2ccc(Br)cc2F)cc1)NC[C@@H]1CCCO1. The van der Waals surface area contributed by atoms with E-state index in [1.807, 2.05) is 0 Å². The highest BCUT2D eigenvalue weighted by atomic mass is 79.9. The van der Waals surface area contributed by atoms with Crippen LogP contribution in [-0.4, -0.2) is 38.0 Å². The molecule has 0 aliphatic carbocycles. The second-order valence-corrected chi connectivity index (χ2v) is 7.07. The molecule has 1 aliphatic heterocycles. The molecule has 7 heteroatoms. The van der Waals surface area contributed by atoms with Crippen LogP contribution in [0.4, 0.5) is 10.1 Å². The van der Waals surface area contributed by atoms with E-state index in [9.17, 15) is 9.18 Å². The van der Waals surface area contributed by atoms with Crippen molar-refractivity contribution >= 4 is 33.7 Å². The molecule has 2 aromatic rings. The van der Waals surface area contributed by atoms with Crippen molar-refractivity contribution in [3.63, 3.8) is 0 Å². The largest absolute Gasteiger partial charge is 0.484 e. The number of ether oxygens (including phenoxy) is 2. The van der Waals surface area contributed by atoms with E-state index in [0.29, 0.717) is 16.8 Å². The quantitative estimate of drug-likeness (QED) is 0.669. The molecule has 1 saturated heterocycles. The monoisotopic (exact) mass is 434 g/mol. The summed E-state index contributed by atoms with van der Waals surface area (Å²) in [5, 5.41) is 2.80. The standard InChI is InChI=1S/C20H20BrFN2O3/c21-15-5-8-19(18(22)10-15)23-11-14-3-6-16(7-4-14)27-13-20(25)24-12-17-2-1-9-26-17/h3-8,10-11,17H,1-2,9,12-13H2,(H,24,25)/t17-/m0/s1. The molecule has 1 atom stereocenters. The first kappa shape index (κ1) is 19.5. The molecular formula is C20H20BrFN2O3. The Morgan fingerprint density at radius 1 is 1.33 bits per heavy atom. The molecule has 0 unspecified atom stereocenters. The maximum Gasteiger partial charge on any atom is 0.258 e. The fourth-order valence-electron chi connectivity index (χ4n) is 2.61. The van der Waals surface area contributed by atoms with E-state index in [4.69, 9.17) is 9.47 Å². The number of nitrogens with zero attached hydrogens (tertiary/aromatic N) is 1. The normalized spacial score (nSPS) is 16.6. The highest BCUT2D eigenvalue weighted by molar-refractivity contribution is 9.10. The minimum atomic E-state index is -0.394. The molecule has 1 aliphatic rings. The van der Waals surface area contributed by atoms with Crippen LogP contribution >= 0.6 is 15.9 Å². The Kier molecular flexibility index (Phi) is 6.95. The number of carbonyl (C=O) groups is 1. The van der Waals surface area contributed by atoms with Crippen molar-refractivity contribution in [2.75, 3.05) is 19.8 Å². The summed E-state index contributed by atoms with van der Waals surface area (Å²) in [5.74, 6) is 0.00526. The molecule has 0 aromatic heterocycles. The molecule has 1 fully saturated rings. The Morgan fingerprint density at radius 2 is 2.15 bits per heavy atom. The van der Waals surface area contributed by atoms with Gasteiger partial charge >= 0.3 is 0 Å². The first-order chi connectivity index (χ1) is 13.1. The first-order valence-corrected chi connectivity index (χ1v) is 9.50. The van der Waals surface area contributed by atoms with Gasteiger partial charge in [0.25, 0.3) is 5.91 Å². The van der Waals surface area contributed by atoms with Gasteiger partial charge in [0.05, 0.1) is 11.8 Å². The summed E-state index contributed by atoms with van der Waals surface area (Å²) < 4.78 is 25.3. The summed E-state index contributed by atoms with van der Waals surface area (Å²) in [6, 6.07) is 11.8. The molecule has 27 heavy (non-hydrogen) atoms. The predicted molar refractivity (Wildman–Crippen MR) is 105 cm³/mol. The van der Waals surface area contributed by atoms with Gasteiger partial charge in [0.2, 0.25) is 0 Å². The minimum absolute atomic E-state index is 0.0513. The zero-order valence-electron chi connectivity index (χ0n) is 14.7. The van der Waals surface area contributed by atoms with E-state index in [1.54, 1.807) is 42.6 Å². The Balaban J connectivity index is 1.46. The third-order valence-electron chi connectivity index (χ3n) is 4.06. The molecule has 2 aromatic carbocycles. The smallest absolute Gasteiger partial charge is 0.258 e. The lowest BCUT2D eigenvalue weighted by Gasteiger charge is -2.11. The molecule has 142 valence electrons. The van der Waals surface area contributed by atoms with Crippen LogP contribution in [0.25, 0.3) is 0 Å². The van der Waals surface area contributed by atoms with Crippen LogP contribution in [-0.2, 0) is 9.53 Å². The van der Waals surface area contributed by atoms with Crippen molar-refractivity contribution in [1.82, 2.24) is 5.32 Å². The van der Waals surface area contributed by atoms with Gasteiger partial charge in [-0.05, 0) is 60.9 Å². The molecule has 0 bridgehead atoms. The second kappa shape index (κ2) is 9.62. The summed E-state index contributed by atoms with van der Waals surface area (Å²) in [4.78, 5) is 15.9. The molecule has 0 saturated carbocycles. The molecule has 0 radical (unpaired) electrons. The summed E-state index contributed by atoms with van der Waals surface area (Å²) in [5.41, 5.74) is 1.06. The zero-order chi connectivity index (χ0) is 19.1. The van der Waals surface area contributed by atoms with Crippen molar-refractivity contribution in [3.8, 4) is 5.75 Å². The maximum absolute atomic E-state index is 13.7. The molecule has 5 nitrogen and oxygen atoms in total. The van der Waals surface area contributed by atoms with Crippen LogP contribution in [0.5, 0.6) is 5.75 Å². The molecule has 0 spiro atoms. The topological polar surface area (TPSA) is 59.9 Å². The lowest BCUT2D eigenvalue weighted by Crippen LogP contribution is -2.35. The van der Waals surface area contributed by atoms with Crippen molar-refractivity contribution in [2.24, 2.45) is 4.99 Å². The van der Waals surface area contributed by atoms with Gasteiger partial charge in [-0.2, -0.15) is 0 Å². The third kappa shape index (κ3) is 6.15. The van der Waals surface area contributed by atoms with Crippen molar-refractivity contribution in [1.29, 1.82) is 0 Å². The van der Waals surface area contributed by atoms with Gasteiger partial charge in [-0.15, -0.1) is 0 Å². The Labute approximate surface area is 165 Å². The third-order valence-corrected chi connectivity index (χ3v) is 4.56. The highest BCUT2D eigenvalue weighted by Crippen LogP contribution is 2.22. The lowest BCUT2D eigenvalue weighted by molar-refractivity contribution is -0.123. The number of nitrogens with one attached hydrogen (secondary N) is 1. The fourth-order valence-corrected chi connectivity index (χ4v) is 2.95. The average Bonchev–Trinajstić information content (AvgIpc) is 3.18. The van der Waals surface area contributed by atoms with Gasteiger partial charge in [-0.25, -0.2) is 4.39 Å². The van der Waals surface area contributed by atoms with E-state index < -0.39 is 5.82 Å². The molecule has 3 rings (SSSR count). The number of amides is 1. The highest BCUT2D eigenvalue weighted by Gasteiger charge is 2.16. The molecular weight excluding hydrogens is 415 g/mol. The van der Waals surface area contributed by atoms with Crippen LogP contribution in [0.3, 0.4) is 0 Å². The van der Waals surface area contributed by atoms with Gasteiger partial charge in [-0.1, -0.05) is 15.9 Å². The average molecular weight is 435 g/mol. The van der Waals surface area contributed by atoms with Gasteiger partial charge in [0.15, 0.2) is 6.61 Å². The molecule has 1 heterocycles. The Bertz CT molecular complexity index is 805. The molecule has 1 N–H and O–H groups in total. The Morgan fingerprint density at radius 3 is 2.85 bits per heavy atom. The minimum Gasteiger partial charge on any atom is -0.484 e. The predicted octanol–water partition coefficient (Wildman–Crippen LogP) is 4.01. The van der Waals surface area contributed by atoms with E-state index in [1.165, 1.54) is 6.07 Å². The van der Waals surface area contributed by atoms with Gasteiger partial charge in [-0.3, -0.25) is 9.79 Å². The van der Waals surface area contributed by atoms with Gasteiger partial charge in [0, 0.05) is 23.8 Å². The summed E-state index contributed by atoms with van der Waals surface area (Å²) in [6.07, 6.45) is 3.71. The van der Waals surface area contributed by atoms with E-state index in [2.05, 4.69) is 26.2 Å². The number of hydrogen-bond donors (Lipinski definition) is 1. The van der Waals surface area contributed by atoms with Crippen molar-refractivity contribution in [2.45, 2.75) is 18.9 Å². The number of hydrogen-bond acceptors (Lipinski definition) is 4. The first-order valence-electron chi connectivity index (χ1n) is 8.70. The van der Waals surface area contributed by atoms with Crippen molar-refractivity contribution in [3.05, 3.63) is 58.3 Å². The van der Waals surface area contributed by atoms with Crippen molar-refractivity contribution < 1.29 is 18.7 Å². The molecule has 1 amide bonds. The van der Waals surface area contributed by atoms with E-state index >= 15 is 0 Å². The van der Waals surface area contributed by atoms with E-state index in [-0.39, 0.29) is 24.3 Å². The number of halogens is 2. The van der Waals surface area contributed by atoms with E-state index in [0.717, 1.165) is 25.0 Å². The lowest BCUT2D eigenvalue weighted by atomic mass is 10.2. The second-order valence-electron chi connectivity index (χ2n) is 6.15. The van der Waals surface area contributed by atoms with Crippen LogP contribution in [0, 0.1) is 5.82 Å². The van der Waals surface area contributed by atoms with Crippen LogP contribution < -0.4 is 10.1 Å². The summed E-state index contributed by atoms with van der Waals surface area (Å²) >= 11 is 3.21. The number of aliphatic imine (C=N–C) groups is 1. The van der Waals surface area contributed by atoms with Gasteiger partial charge < -0.3 is 14.8 Å². The summed E-state index contributed by atoms with van der Waals surface area (Å²) in [7, 11) is 0. The number of benzene rings is 2. The number of rotatable bonds is 7. The van der Waals surface area contributed by atoms with Crippen LogP contribution in [0.2, 0.25) is 0 Å². The van der Waals surface area contributed by atoms with Crippen LogP contribution in [0.15, 0.2) is 51.9 Å². The maximum atomic E-state index is 13.7. The summed E-state index contributed by atoms with van der Waals surface area (Å²) in [6.45, 7) is 1.23. The fraction of sp³-hybridized carbons (Fsp3) is 0.300.